The molecular weight excluding hydrogens is 301 g/mol. The van der Waals surface area contributed by atoms with E-state index < -0.39 is 5.91 Å². The summed E-state index contributed by atoms with van der Waals surface area (Å²) in [5.74, 6) is 0.462. The summed E-state index contributed by atoms with van der Waals surface area (Å²) in [4.78, 5) is 11.4. The van der Waals surface area contributed by atoms with E-state index in [1.165, 1.54) is 19.2 Å². The zero-order chi connectivity index (χ0) is 16.7. The van der Waals surface area contributed by atoms with Gasteiger partial charge in [0.25, 0.3) is 5.91 Å². The van der Waals surface area contributed by atoms with Crippen molar-refractivity contribution in [2.75, 3.05) is 20.3 Å². The van der Waals surface area contributed by atoms with Crippen LogP contribution in [0.1, 0.15) is 16.8 Å². The van der Waals surface area contributed by atoms with Gasteiger partial charge in [-0.2, -0.15) is 0 Å². The number of carbonyl (C=O) groups is 1. The molecule has 2 N–H and O–H groups in total. The molecule has 0 aliphatic carbocycles. The number of methoxy groups -OCH3 is 1. The summed E-state index contributed by atoms with van der Waals surface area (Å²) in [6.45, 7) is 0.717. The molecular formula is C17H18FNO4. The van der Waals surface area contributed by atoms with Crippen molar-refractivity contribution in [2.45, 2.75) is 6.42 Å². The van der Waals surface area contributed by atoms with E-state index in [0.717, 1.165) is 0 Å². The first-order valence-corrected chi connectivity index (χ1v) is 7.10. The second-order valence-electron chi connectivity index (χ2n) is 4.71. The highest BCUT2D eigenvalue weighted by Gasteiger charge is 2.14. The molecule has 0 radical (unpaired) electrons. The van der Waals surface area contributed by atoms with Crippen molar-refractivity contribution in [1.82, 2.24) is 0 Å². The number of carbonyl (C=O) groups excluding carboxylic acids is 1. The molecule has 2 aromatic rings. The lowest BCUT2D eigenvalue weighted by atomic mass is 10.2. The summed E-state index contributed by atoms with van der Waals surface area (Å²) in [5, 5.41) is 0. The number of benzene rings is 2. The van der Waals surface area contributed by atoms with Crippen LogP contribution in [0.15, 0.2) is 42.5 Å². The van der Waals surface area contributed by atoms with Crippen LogP contribution in [0.3, 0.4) is 0 Å². The number of amides is 1. The molecule has 0 bridgehead atoms. The van der Waals surface area contributed by atoms with Gasteiger partial charge in [-0.3, -0.25) is 4.79 Å². The number of hydrogen-bond acceptors (Lipinski definition) is 4. The van der Waals surface area contributed by atoms with Gasteiger partial charge in [-0.05, 0) is 36.4 Å². The SMILES string of the molecule is COc1cccc(C(N)=O)c1OCCCOc1ccc(F)cc1. The Labute approximate surface area is 133 Å². The predicted molar refractivity (Wildman–Crippen MR) is 83.5 cm³/mol. The summed E-state index contributed by atoms with van der Waals surface area (Å²) >= 11 is 0. The molecule has 0 saturated carbocycles. The molecule has 0 fully saturated rings. The maximum Gasteiger partial charge on any atom is 0.252 e. The number of para-hydroxylation sites is 1. The molecule has 0 aromatic heterocycles. The van der Waals surface area contributed by atoms with Gasteiger partial charge in [0.05, 0.1) is 25.9 Å². The van der Waals surface area contributed by atoms with Crippen LogP contribution in [0.2, 0.25) is 0 Å². The molecule has 0 atom stereocenters. The molecule has 0 saturated heterocycles. The van der Waals surface area contributed by atoms with E-state index >= 15 is 0 Å². The third-order valence-corrected chi connectivity index (χ3v) is 3.08. The van der Waals surface area contributed by atoms with Gasteiger partial charge in [-0.15, -0.1) is 0 Å². The monoisotopic (exact) mass is 319 g/mol. The first-order chi connectivity index (χ1) is 11.1. The molecule has 0 unspecified atom stereocenters. The van der Waals surface area contributed by atoms with Crippen LogP contribution in [0, 0.1) is 5.82 Å². The average molecular weight is 319 g/mol. The fourth-order valence-corrected chi connectivity index (χ4v) is 1.97. The van der Waals surface area contributed by atoms with Gasteiger partial charge in [-0.25, -0.2) is 4.39 Å². The van der Waals surface area contributed by atoms with Crippen molar-refractivity contribution in [3.8, 4) is 17.2 Å². The van der Waals surface area contributed by atoms with Crippen molar-refractivity contribution < 1.29 is 23.4 Å². The normalized spacial score (nSPS) is 10.2. The molecule has 2 aromatic carbocycles. The van der Waals surface area contributed by atoms with Gasteiger partial charge in [-0.1, -0.05) is 6.07 Å². The smallest absolute Gasteiger partial charge is 0.252 e. The molecule has 5 nitrogen and oxygen atoms in total. The number of ether oxygens (including phenoxy) is 3. The highest BCUT2D eigenvalue weighted by atomic mass is 19.1. The summed E-state index contributed by atoms with van der Waals surface area (Å²) in [6.07, 6.45) is 0.577. The lowest BCUT2D eigenvalue weighted by molar-refractivity contribution is 0.0995. The van der Waals surface area contributed by atoms with Gasteiger partial charge in [0.15, 0.2) is 11.5 Å². The number of nitrogens with two attached hydrogens (primary N) is 1. The maximum atomic E-state index is 12.8. The molecule has 0 spiro atoms. The topological polar surface area (TPSA) is 70.8 Å². The van der Waals surface area contributed by atoms with Crippen molar-refractivity contribution >= 4 is 5.91 Å². The standard InChI is InChI=1S/C17H18FNO4/c1-21-15-5-2-4-14(17(19)20)16(15)23-11-3-10-22-13-8-6-12(18)7-9-13/h2,4-9H,3,10-11H2,1H3,(H2,19,20). The van der Waals surface area contributed by atoms with E-state index in [1.54, 1.807) is 30.3 Å². The number of primary amides is 1. The third-order valence-electron chi connectivity index (χ3n) is 3.08. The van der Waals surface area contributed by atoms with Crippen molar-refractivity contribution in [1.29, 1.82) is 0 Å². The molecule has 2 rings (SSSR count). The number of hydrogen-bond donors (Lipinski definition) is 1. The zero-order valence-corrected chi connectivity index (χ0v) is 12.8. The average Bonchev–Trinajstić information content (AvgIpc) is 2.56. The van der Waals surface area contributed by atoms with Crippen LogP contribution < -0.4 is 19.9 Å². The van der Waals surface area contributed by atoms with E-state index in [9.17, 15) is 9.18 Å². The quantitative estimate of drug-likeness (QED) is 0.760. The zero-order valence-electron chi connectivity index (χ0n) is 12.8. The Bertz CT molecular complexity index is 658. The largest absolute Gasteiger partial charge is 0.493 e. The van der Waals surface area contributed by atoms with Gasteiger partial charge < -0.3 is 19.9 Å². The Balaban J connectivity index is 1.86. The third kappa shape index (κ3) is 4.60. The van der Waals surface area contributed by atoms with E-state index in [1.807, 2.05) is 0 Å². The van der Waals surface area contributed by atoms with Gasteiger partial charge in [0.2, 0.25) is 0 Å². The van der Waals surface area contributed by atoms with Gasteiger partial charge in [0, 0.05) is 6.42 Å². The minimum absolute atomic E-state index is 0.267. The summed E-state index contributed by atoms with van der Waals surface area (Å²) < 4.78 is 29.0. The van der Waals surface area contributed by atoms with Crippen LogP contribution in [0.4, 0.5) is 4.39 Å². The second kappa shape index (κ2) is 8.03. The number of halogens is 1. The van der Waals surface area contributed by atoms with Crippen molar-refractivity contribution in [3.05, 3.63) is 53.8 Å². The van der Waals surface area contributed by atoms with Crippen LogP contribution >= 0.6 is 0 Å². The molecule has 6 heteroatoms. The van der Waals surface area contributed by atoms with Gasteiger partial charge in [0.1, 0.15) is 11.6 Å². The molecule has 0 heterocycles. The lowest BCUT2D eigenvalue weighted by Crippen LogP contribution is -2.14. The summed E-state index contributed by atoms with van der Waals surface area (Å²) in [6, 6.07) is 10.7. The molecule has 1 amide bonds. The molecule has 0 aliphatic heterocycles. The van der Waals surface area contributed by atoms with Crippen molar-refractivity contribution in [2.24, 2.45) is 5.73 Å². The highest BCUT2D eigenvalue weighted by Crippen LogP contribution is 2.30. The minimum Gasteiger partial charge on any atom is -0.493 e. The predicted octanol–water partition coefficient (Wildman–Crippen LogP) is 2.78. The van der Waals surface area contributed by atoms with Crippen LogP contribution in [0.25, 0.3) is 0 Å². The van der Waals surface area contributed by atoms with Crippen LogP contribution in [0.5, 0.6) is 17.2 Å². The molecule has 23 heavy (non-hydrogen) atoms. The van der Waals surface area contributed by atoms with E-state index in [-0.39, 0.29) is 11.4 Å². The maximum absolute atomic E-state index is 12.8. The molecule has 0 aliphatic rings. The van der Waals surface area contributed by atoms with Gasteiger partial charge >= 0.3 is 0 Å². The summed E-state index contributed by atoms with van der Waals surface area (Å²) in [5.41, 5.74) is 5.59. The highest BCUT2D eigenvalue weighted by molar-refractivity contribution is 5.96. The first kappa shape index (κ1) is 16.6. The van der Waals surface area contributed by atoms with Crippen molar-refractivity contribution in [3.63, 3.8) is 0 Å². The fourth-order valence-electron chi connectivity index (χ4n) is 1.97. The minimum atomic E-state index is -0.582. The van der Waals surface area contributed by atoms with E-state index in [2.05, 4.69) is 0 Å². The first-order valence-electron chi connectivity index (χ1n) is 7.10. The second-order valence-corrected chi connectivity index (χ2v) is 4.71. The Hall–Kier alpha value is -2.76. The van der Waals surface area contributed by atoms with Crippen LogP contribution in [-0.2, 0) is 0 Å². The number of rotatable bonds is 8. The Morgan fingerprint density at radius 1 is 1.09 bits per heavy atom. The lowest BCUT2D eigenvalue weighted by Gasteiger charge is -2.13. The van der Waals surface area contributed by atoms with Crippen LogP contribution in [-0.4, -0.2) is 26.2 Å². The Morgan fingerprint density at radius 2 is 1.78 bits per heavy atom. The fraction of sp³-hybridized carbons (Fsp3) is 0.235. The molecule has 122 valence electrons. The van der Waals surface area contributed by atoms with E-state index in [4.69, 9.17) is 19.9 Å². The summed E-state index contributed by atoms with van der Waals surface area (Å²) in [7, 11) is 1.49. The Kier molecular flexibility index (Phi) is 5.80. The van der Waals surface area contributed by atoms with E-state index in [0.29, 0.717) is 36.9 Å². The Morgan fingerprint density at radius 3 is 2.43 bits per heavy atom.